The van der Waals surface area contributed by atoms with Crippen LogP contribution in [0.25, 0.3) is 0 Å². The van der Waals surface area contributed by atoms with Gasteiger partial charge in [-0.05, 0) is 18.9 Å². The maximum Gasteiger partial charge on any atom is 0.221 e. The topological polar surface area (TPSA) is 41.1 Å². The van der Waals surface area contributed by atoms with Crippen molar-refractivity contribution in [3.8, 4) is 0 Å². The zero-order valence-electron chi connectivity index (χ0n) is 7.98. The SMILES string of the molecule is CC1CCNCC1NC(=O)CCCl. The van der Waals surface area contributed by atoms with Crippen LogP contribution in [-0.2, 0) is 4.79 Å². The summed E-state index contributed by atoms with van der Waals surface area (Å²) >= 11 is 5.47. The van der Waals surface area contributed by atoms with Crippen LogP contribution in [0.5, 0.6) is 0 Å². The fraction of sp³-hybridized carbons (Fsp3) is 0.889. The lowest BCUT2D eigenvalue weighted by Gasteiger charge is -2.30. The van der Waals surface area contributed by atoms with Crippen LogP contribution in [-0.4, -0.2) is 30.9 Å². The Labute approximate surface area is 84.2 Å². The van der Waals surface area contributed by atoms with E-state index < -0.39 is 0 Å². The maximum absolute atomic E-state index is 11.2. The van der Waals surface area contributed by atoms with Crippen LogP contribution in [0.2, 0.25) is 0 Å². The Hall–Kier alpha value is -0.280. The number of rotatable bonds is 3. The summed E-state index contributed by atoms with van der Waals surface area (Å²) in [5, 5.41) is 6.25. The molecule has 2 unspecified atom stereocenters. The van der Waals surface area contributed by atoms with Crippen molar-refractivity contribution in [2.45, 2.75) is 25.8 Å². The fourth-order valence-electron chi connectivity index (χ4n) is 1.55. The highest BCUT2D eigenvalue weighted by molar-refractivity contribution is 6.18. The lowest BCUT2D eigenvalue weighted by atomic mass is 9.95. The first-order valence-electron chi connectivity index (χ1n) is 4.80. The van der Waals surface area contributed by atoms with Crippen molar-refractivity contribution in [3.63, 3.8) is 0 Å². The first-order chi connectivity index (χ1) is 6.24. The van der Waals surface area contributed by atoms with E-state index in [1.807, 2.05) is 0 Å². The second-order valence-corrected chi connectivity index (χ2v) is 3.96. The van der Waals surface area contributed by atoms with Crippen LogP contribution >= 0.6 is 11.6 Å². The van der Waals surface area contributed by atoms with Gasteiger partial charge in [-0.3, -0.25) is 4.79 Å². The van der Waals surface area contributed by atoms with Crippen LogP contribution in [0.3, 0.4) is 0 Å². The van der Waals surface area contributed by atoms with Gasteiger partial charge in [0.25, 0.3) is 0 Å². The van der Waals surface area contributed by atoms with Gasteiger partial charge in [-0.15, -0.1) is 11.6 Å². The number of halogens is 1. The molecule has 2 atom stereocenters. The average molecular weight is 205 g/mol. The molecular weight excluding hydrogens is 188 g/mol. The summed E-state index contributed by atoms with van der Waals surface area (Å²) in [7, 11) is 0. The molecule has 2 N–H and O–H groups in total. The van der Waals surface area contributed by atoms with Gasteiger partial charge in [0.1, 0.15) is 0 Å². The van der Waals surface area contributed by atoms with E-state index in [1.165, 1.54) is 0 Å². The predicted molar refractivity (Wildman–Crippen MR) is 53.9 cm³/mol. The molecule has 3 nitrogen and oxygen atoms in total. The molecule has 0 radical (unpaired) electrons. The fourth-order valence-corrected chi connectivity index (χ4v) is 1.72. The first kappa shape index (κ1) is 10.8. The van der Waals surface area contributed by atoms with E-state index in [1.54, 1.807) is 0 Å². The molecule has 0 aromatic carbocycles. The molecule has 0 spiro atoms. The Morgan fingerprint density at radius 1 is 1.69 bits per heavy atom. The molecule has 1 aliphatic rings. The number of hydrogen-bond donors (Lipinski definition) is 2. The van der Waals surface area contributed by atoms with E-state index in [9.17, 15) is 4.79 Å². The molecule has 76 valence electrons. The molecule has 1 saturated heterocycles. The van der Waals surface area contributed by atoms with E-state index >= 15 is 0 Å². The van der Waals surface area contributed by atoms with Crippen LogP contribution in [0, 0.1) is 5.92 Å². The number of piperidine rings is 1. The van der Waals surface area contributed by atoms with Gasteiger partial charge in [-0.25, -0.2) is 0 Å². The summed E-state index contributed by atoms with van der Waals surface area (Å²) in [6, 6.07) is 0.282. The highest BCUT2D eigenvalue weighted by Gasteiger charge is 2.21. The van der Waals surface area contributed by atoms with Crippen LogP contribution in [0.15, 0.2) is 0 Å². The quantitative estimate of drug-likeness (QED) is 0.666. The Kier molecular flexibility index (Phi) is 4.53. The molecule has 1 rings (SSSR count). The van der Waals surface area contributed by atoms with Crippen molar-refractivity contribution in [2.75, 3.05) is 19.0 Å². The minimum atomic E-state index is 0.0653. The zero-order valence-corrected chi connectivity index (χ0v) is 8.73. The summed E-state index contributed by atoms with van der Waals surface area (Å²) in [5.74, 6) is 1.04. The van der Waals surface area contributed by atoms with Crippen molar-refractivity contribution >= 4 is 17.5 Å². The Morgan fingerprint density at radius 2 is 2.46 bits per heavy atom. The van der Waals surface area contributed by atoms with E-state index in [4.69, 9.17) is 11.6 Å². The molecule has 1 heterocycles. The van der Waals surface area contributed by atoms with E-state index in [-0.39, 0.29) is 11.9 Å². The Balaban J connectivity index is 2.29. The molecule has 1 aliphatic heterocycles. The third kappa shape index (κ3) is 3.53. The molecular formula is C9H17ClN2O. The highest BCUT2D eigenvalue weighted by Crippen LogP contribution is 2.11. The standard InChI is InChI=1S/C9H17ClN2O/c1-7-3-5-11-6-8(7)12-9(13)2-4-10/h7-8,11H,2-6H2,1H3,(H,12,13). The minimum Gasteiger partial charge on any atom is -0.352 e. The predicted octanol–water partition coefficient (Wildman–Crippen LogP) is 0.729. The number of alkyl halides is 1. The molecule has 1 amide bonds. The largest absolute Gasteiger partial charge is 0.352 e. The minimum absolute atomic E-state index is 0.0653. The van der Waals surface area contributed by atoms with Gasteiger partial charge < -0.3 is 10.6 Å². The number of amides is 1. The van der Waals surface area contributed by atoms with Crippen molar-refractivity contribution in [1.82, 2.24) is 10.6 Å². The smallest absolute Gasteiger partial charge is 0.221 e. The average Bonchev–Trinajstić information content (AvgIpc) is 2.09. The molecule has 13 heavy (non-hydrogen) atoms. The van der Waals surface area contributed by atoms with Crippen molar-refractivity contribution in [2.24, 2.45) is 5.92 Å². The second-order valence-electron chi connectivity index (χ2n) is 3.58. The molecule has 4 heteroatoms. The molecule has 0 aromatic heterocycles. The summed E-state index contributed by atoms with van der Waals surface area (Å²) in [4.78, 5) is 11.2. The summed E-state index contributed by atoms with van der Waals surface area (Å²) in [6.45, 7) is 4.12. The number of carbonyl (C=O) groups is 1. The molecule has 0 aromatic rings. The van der Waals surface area contributed by atoms with Gasteiger partial charge in [-0.1, -0.05) is 6.92 Å². The zero-order chi connectivity index (χ0) is 9.68. The van der Waals surface area contributed by atoms with Crippen molar-refractivity contribution < 1.29 is 4.79 Å². The first-order valence-corrected chi connectivity index (χ1v) is 5.33. The third-order valence-electron chi connectivity index (χ3n) is 2.50. The van der Waals surface area contributed by atoms with Gasteiger partial charge in [0.15, 0.2) is 0 Å². The van der Waals surface area contributed by atoms with Crippen molar-refractivity contribution in [1.29, 1.82) is 0 Å². The lowest BCUT2D eigenvalue weighted by Crippen LogP contribution is -2.50. The van der Waals surface area contributed by atoms with E-state index in [0.717, 1.165) is 19.5 Å². The molecule has 0 bridgehead atoms. The monoisotopic (exact) mass is 204 g/mol. The summed E-state index contributed by atoms with van der Waals surface area (Å²) < 4.78 is 0. The Morgan fingerprint density at radius 3 is 3.08 bits per heavy atom. The summed E-state index contributed by atoms with van der Waals surface area (Å²) in [5.41, 5.74) is 0. The maximum atomic E-state index is 11.2. The van der Waals surface area contributed by atoms with Gasteiger partial charge >= 0.3 is 0 Å². The highest BCUT2D eigenvalue weighted by atomic mass is 35.5. The summed E-state index contributed by atoms with van der Waals surface area (Å²) in [6.07, 6.45) is 1.55. The normalized spacial score (nSPS) is 28.5. The Bertz CT molecular complexity index is 175. The van der Waals surface area contributed by atoms with E-state index in [2.05, 4.69) is 17.6 Å². The van der Waals surface area contributed by atoms with E-state index in [0.29, 0.717) is 18.2 Å². The number of hydrogen-bond acceptors (Lipinski definition) is 2. The van der Waals surface area contributed by atoms with Crippen molar-refractivity contribution in [3.05, 3.63) is 0 Å². The third-order valence-corrected chi connectivity index (χ3v) is 2.68. The van der Waals surface area contributed by atoms with Gasteiger partial charge in [-0.2, -0.15) is 0 Å². The molecule has 1 fully saturated rings. The van der Waals surface area contributed by atoms with Crippen LogP contribution in [0.1, 0.15) is 19.8 Å². The van der Waals surface area contributed by atoms with Crippen LogP contribution < -0.4 is 10.6 Å². The second kappa shape index (κ2) is 5.45. The van der Waals surface area contributed by atoms with Gasteiger partial charge in [0.2, 0.25) is 5.91 Å². The lowest BCUT2D eigenvalue weighted by molar-refractivity contribution is -0.121. The van der Waals surface area contributed by atoms with Crippen LogP contribution in [0.4, 0.5) is 0 Å². The number of nitrogens with one attached hydrogen (secondary N) is 2. The van der Waals surface area contributed by atoms with Gasteiger partial charge in [0.05, 0.1) is 0 Å². The molecule has 0 saturated carbocycles. The van der Waals surface area contributed by atoms with Gasteiger partial charge in [0, 0.05) is 24.9 Å². The molecule has 0 aliphatic carbocycles. The number of carbonyl (C=O) groups excluding carboxylic acids is 1.